The van der Waals surface area contributed by atoms with Gasteiger partial charge in [0.15, 0.2) is 0 Å². The molecule has 2 rings (SSSR count). The summed E-state index contributed by atoms with van der Waals surface area (Å²) < 4.78 is 42.9. The Hall–Kier alpha value is -3.54. The molecular formula is C19H15F3N2O4. The molecule has 0 fully saturated rings. The van der Waals surface area contributed by atoms with Gasteiger partial charge in [0.25, 0.3) is 5.69 Å². The fraction of sp³-hybridized carbons (Fsp3) is 0.211. The summed E-state index contributed by atoms with van der Waals surface area (Å²) in [4.78, 5) is 21.6. The number of halogens is 3. The molecule has 0 heterocycles. The summed E-state index contributed by atoms with van der Waals surface area (Å²) in [5.41, 5.74) is -1.15. The summed E-state index contributed by atoms with van der Waals surface area (Å²) >= 11 is 0. The molecule has 0 spiro atoms. The van der Waals surface area contributed by atoms with E-state index in [0.717, 1.165) is 17.7 Å². The minimum atomic E-state index is -4.68. The third-order valence-electron chi connectivity index (χ3n) is 3.48. The van der Waals surface area contributed by atoms with Crippen molar-refractivity contribution in [1.82, 2.24) is 5.32 Å². The summed E-state index contributed by atoms with van der Waals surface area (Å²) in [6.07, 6.45) is -5.19. The Labute approximate surface area is 158 Å². The second-order valence-electron chi connectivity index (χ2n) is 5.53. The van der Waals surface area contributed by atoms with Crippen LogP contribution >= 0.6 is 0 Å². The zero-order chi connectivity index (χ0) is 20.6. The van der Waals surface area contributed by atoms with E-state index in [9.17, 15) is 28.1 Å². The van der Waals surface area contributed by atoms with Gasteiger partial charge in [-0.1, -0.05) is 42.2 Å². The van der Waals surface area contributed by atoms with Crippen LogP contribution in [0.15, 0.2) is 48.5 Å². The maximum absolute atomic E-state index is 12.7. The highest BCUT2D eigenvalue weighted by molar-refractivity contribution is 5.67. The summed E-state index contributed by atoms with van der Waals surface area (Å²) in [7, 11) is 0. The fourth-order valence-corrected chi connectivity index (χ4v) is 2.12. The molecular weight excluding hydrogens is 377 g/mol. The molecule has 1 amide bonds. The number of nitro benzene ring substituents is 1. The van der Waals surface area contributed by atoms with Crippen LogP contribution in [0, 0.1) is 22.0 Å². The molecule has 146 valence electrons. The van der Waals surface area contributed by atoms with E-state index in [1.807, 2.05) is 18.2 Å². The van der Waals surface area contributed by atoms with Gasteiger partial charge in [0.2, 0.25) is 0 Å². The number of rotatable bonds is 5. The number of hydrogen-bond donors (Lipinski definition) is 1. The minimum Gasteiger partial charge on any atom is -0.445 e. The van der Waals surface area contributed by atoms with Crippen LogP contribution in [0.4, 0.5) is 23.7 Å². The summed E-state index contributed by atoms with van der Waals surface area (Å²) in [6, 6.07) is 11.2. The summed E-state index contributed by atoms with van der Waals surface area (Å²) in [6.45, 7) is 0.227. The molecule has 0 atom stereocenters. The Morgan fingerprint density at radius 3 is 2.54 bits per heavy atom. The molecule has 2 aromatic rings. The van der Waals surface area contributed by atoms with Crippen molar-refractivity contribution < 1.29 is 27.6 Å². The number of nitro groups is 1. The quantitative estimate of drug-likeness (QED) is 0.356. The van der Waals surface area contributed by atoms with Gasteiger partial charge < -0.3 is 10.1 Å². The highest BCUT2D eigenvalue weighted by Crippen LogP contribution is 2.32. The van der Waals surface area contributed by atoms with Crippen LogP contribution in [0.25, 0.3) is 0 Å². The lowest BCUT2D eigenvalue weighted by Gasteiger charge is -2.06. The molecule has 1 N–H and O–H groups in total. The Balaban J connectivity index is 1.87. The predicted octanol–water partition coefficient (Wildman–Crippen LogP) is 4.28. The lowest BCUT2D eigenvalue weighted by Crippen LogP contribution is -2.24. The van der Waals surface area contributed by atoms with Gasteiger partial charge in [0.05, 0.1) is 10.5 Å². The molecule has 9 heteroatoms. The van der Waals surface area contributed by atoms with Crippen molar-refractivity contribution in [1.29, 1.82) is 0 Å². The fourth-order valence-electron chi connectivity index (χ4n) is 2.12. The third-order valence-corrected chi connectivity index (χ3v) is 3.48. The first-order chi connectivity index (χ1) is 13.3. The van der Waals surface area contributed by atoms with E-state index >= 15 is 0 Å². The van der Waals surface area contributed by atoms with Gasteiger partial charge in [0, 0.05) is 19.0 Å². The molecule has 0 saturated heterocycles. The van der Waals surface area contributed by atoms with Gasteiger partial charge in [0.1, 0.15) is 12.2 Å². The monoisotopic (exact) mass is 392 g/mol. The van der Waals surface area contributed by atoms with Crippen LogP contribution in [-0.2, 0) is 17.5 Å². The number of ether oxygens (including phenoxy) is 1. The predicted molar refractivity (Wildman–Crippen MR) is 94.2 cm³/mol. The lowest BCUT2D eigenvalue weighted by atomic mass is 10.1. The van der Waals surface area contributed by atoms with Crippen molar-refractivity contribution in [2.45, 2.75) is 19.2 Å². The van der Waals surface area contributed by atoms with Crippen LogP contribution in [0.2, 0.25) is 0 Å². The minimum absolute atomic E-state index is 0.107. The number of hydrogen-bond acceptors (Lipinski definition) is 4. The van der Waals surface area contributed by atoms with Gasteiger partial charge in [-0.15, -0.1) is 0 Å². The number of nitrogens with one attached hydrogen (secondary N) is 1. The van der Waals surface area contributed by atoms with Crippen LogP contribution in [0.1, 0.15) is 23.1 Å². The zero-order valence-corrected chi connectivity index (χ0v) is 14.5. The molecule has 0 unspecified atom stereocenters. The van der Waals surface area contributed by atoms with Crippen LogP contribution in [0.5, 0.6) is 0 Å². The molecule has 0 aliphatic rings. The van der Waals surface area contributed by atoms with E-state index < -0.39 is 28.4 Å². The molecule has 0 aliphatic carbocycles. The first-order valence-electron chi connectivity index (χ1n) is 8.06. The van der Waals surface area contributed by atoms with E-state index in [-0.39, 0.29) is 25.1 Å². The number of amides is 1. The molecule has 0 aliphatic heterocycles. The Morgan fingerprint density at radius 2 is 1.89 bits per heavy atom. The number of benzene rings is 2. The highest BCUT2D eigenvalue weighted by Gasteiger charge is 2.32. The Kier molecular flexibility index (Phi) is 6.98. The Morgan fingerprint density at radius 1 is 1.18 bits per heavy atom. The smallest absolute Gasteiger partial charge is 0.416 e. The number of carbonyl (C=O) groups is 1. The third kappa shape index (κ3) is 6.32. The first-order valence-corrected chi connectivity index (χ1v) is 8.06. The van der Waals surface area contributed by atoms with E-state index in [0.29, 0.717) is 6.07 Å². The average Bonchev–Trinajstić information content (AvgIpc) is 2.66. The highest BCUT2D eigenvalue weighted by atomic mass is 19.4. The van der Waals surface area contributed by atoms with Crippen LogP contribution < -0.4 is 5.32 Å². The second-order valence-corrected chi connectivity index (χ2v) is 5.53. The molecule has 0 saturated carbocycles. The maximum atomic E-state index is 12.7. The maximum Gasteiger partial charge on any atom is 0.416 e. The Bertz CT molecular complexity index is 903. The molecule has 2 aromatic carbocycles. The number of nitrogens with zero attached hydrogens (tertiary/aromatic N) is 1. The van der Waals surface area contributed by atoms with Crippen molar-refractivity contribution in [2.24, 2.45) is 0 Å². The van der Waals surface area contributed by atoms with Gasteiger partial charge in [-0.25, -0.2) is 4.79 Å². The summed E-state index contributed by atoms with van der Waals surface area (Å²) in [5, 5.41) is 13.4. The van der Waals surface area contributed by atoms with Crippen molar-refractivity contribution in [3.63, 3.8) is 0 Å². The zero-order valence-electron chi connectivity index (χ0n) is 14.5. The van der Waals surface area contributed by atoms with E-state index in [2.05, 4.69) is 17.2 Å². The van der Waals surface area contributed by atoms with Gasteiger partial charge in [-0.05, 0) is 17.7 Å². The van der Waals surface area contributed by atoms with Crippen LogP contribution in [-0.4, -0.2) is 17.6 Å². The summed E-state index contributed by atoms with van der Waals surface area (Å²) in [5.74, 6) is 5.03. The van der Waals surface area contributed by atoms with Crippen molar-refractivity contribution in [3.05, 3.63) is 75.3 Å². The number of alkyl halides is 3. The van der Waals surface area contributed by atoms with Gasteiger partial charge >= 0.3 is 12.3 Å². The average molecular weight is 392 g/mol. The molecule has 28 heavy (non-hydrogen) atoms. The lowest BCUT2D eigenvalue weighted by molar-refractivity contribution is -0.385. The first kappa shape index (κ1) is 20.8. The van der Waals surface area contributed by atoms with E-state index in [4.69, 9.17) is 4.74 Å². The van der Waals surface area contributed by atoms with Crippen molar-refractivity contribution >= 4 is 11.8 Å². The standard InChI is InChI=1S/C19H15F3N2O4/c20-19(21,22)16-10-9-15(17(12-16)24(26)27)8-4-5-11-23-18(25)28-13-14-6-2-1-3-7-14/h1-3,6-7,9-10,12H,5,11,13H2,(H,23,25). The van der Waals surface area contributed by atoms with E-state index in [1.165, 1.54) is 0 Å². The van der Waals surface area contributed by atoms with Crippen molar-refractivity contribution in [3.8, 4) is 11.8 Å². The van der Waals surface area contributed by atoms with Gasteiger partial charge in [-0.2, -0.15) is 13.2 Å². The second kappa shape index (κ2) is 9.41. The normalized spacial score (nSPS) is 10.5. The topological polar surface area (TPSA) is 81.5 Å². The number of carbonyl (C=O) groups excluding carboxylic acids is 1. The molecule has 0 radical (unpaired) electrons. The van der Waals surface area contributed by atoms with E-state index in [1.54, 1.807) is 12.1 Å². The van der Waals surface area contributed by atoms with Gasteiger partial charge in [-0.3, -0.25) is 10.1 Å². The SMILES string of the molecule is O=C(NCCC#Cc1ccc(C(F)(F)F)cc1[N+](=O)[O-])OCc1ccccc1. The van der Waals surface area contributed by atoms with Crippen LogP contribution in [0.3, 0.4) is 0 Å². The van der Waals surface area contributed by atoms with Crippen molar-refractivity contribution in [2.75, 3.05) is 6.54 Å². The molecule has 0 aromatic heterocycles. The molecule has 0 bridgehead atoms. The molecule has 6 nitrogen and oxygen atoms in total. The number of alkyl carbamates (subject to hydrolysis) is 1. The largest absolute Gasteiger partial charge is 0.445 e.